The van der Waals surface area contributed by atoms with E-state index in [1.54, 1.807) is 6.92 Å². The van der Waals surface area contributed by atoms with Crippen molar-refractivity contribution in [2.45, 2.75) is 38.8 Å². The Morgan fingerprint density at radius 3 is 2.61 bits per heavy atom. The summed E-state index contributed by atoms with van der Waals surface area (Å²) in [6, 6.07) is 9.31. The average Bonchev–Trinajstić information content (AvgIpc) is 2.37. The lowest BCUT2D eigenvalue weighted by atomic mass is 10.2. The van der Waals surface area contributed by atoms with Gasteiger partial charge in [0.15, 0.2) is 6.10 Å². The van der Waals surface area contributed by atoms with E-state index in [9.17, 15) is 4.79 Å². The Labute approximate surface area is 108 Å². The van der Waals surface area contributed by atoms with Crippen LogP contribution in [0.5, 0.6) is 5.75 Å². The summed E-state index contributed by atoms with van der Waals surface area (Å²) in [6.45, 7) is 3.79. The van der Waals surface area contributed by atoms with E-state index in [1.807, 2.05) is 37.3 Å². The second-order valence-corrected chi connectivity index (χ2v) is 4.35. The standard InChI is InChI=1S/C14H21NO3/c1-11(7-6-10-16)15-14(17)12(2)18-13-8-4-3-5-9-13/h3-5,8-9,11-12,16H,6-7,10H2,1-2H3,(H,15,17). The van der Waals surface area contributed by atoms with Crippen molar-refractivity contribution >= 4 is 5.91 Å². The van der Waals surface area contributed by atoms with E-state index in [1.165, 1.54) is 0 Å². The molecule has 0 spiro atoms. The van der Waals surface area contributed by atoms with E-state index >= 15 is 0 Å². The molecule has 2 unspecified atom stereocenters. The highest BCUT2D eigenvalue weighted by molar-refractivity contribution is 5.80. The Morgan fingerprint density at radius 2 is 2.00 bits per heavy atom. The molecule has 2 atom stereocenters. The number of para-hydroxylation sites is 1. The van der Waals surface area contributed by atoms with Gasteiger partial charge in [0.2, 0.25) is 0 Å². The van der Waals surface area contributed by atoms with Crippen LogP contribution < -0.4 is 10.1 Å². The van der Waals surface area contributed by atoms with Gasteiger partial charge in [-0.1, -0.05) is 18.2 Å². The van der Waals surface area contributed by atoms with Gasteiger partial charge in [-0.25, -0.2) is 0 Å². The van der Waals surface area contributed by atoms with Gasteiger partial charge in [-0.2, -0.15) is 0 Å². The second kappa shape index (κ2) is 7.71. The Balaban J connectivity index is 2.37. The number of aliphatic hydroxyl groups is 1. The summed E-state index contributed by atoms with van der Waals surface area (Å²) >= 11 is 0. The van der Waals surface area contributed by atoms with Gasteiger partial charge in [0, 0.05) is 12.6 Å². The third-order valence-corrected chi connectivity index (χ3v) is 2.61. The largest absolute Gasteiger partial charge is 0.481 e. The lowest BCUT2D eigenvalue weighted by Gasteiger charge is -2.18. The average molecular weight is 251 g/mol. The van der Waals surface area contributed by atoms with Crippen LogP contribution in [0.2, 0.25) is 0 Å². The van der Waals surface area contributed by atoms with E-state index in [-0.39, 0.29) is 18.6 Å². The molecule has 4 nitrogen and oxygen atoms in total. The molecule has 0 saturated heterocycles. The number of ether oxygens (including phenoxy) is 1. The van der Waals surface area contributed by atoms with Crippen LogP contribution in [0, 0.1) is 0 Å². The number of amides is 1. The fraction of sp³-hybridized carbons (Fsp3) is 0.500. The molecule has 100 valence electrons. The van der Waals surface area contributed by atoms with E-state index < -0.39 is 6.10 Å². The van der Waals surface area contributed by atoms with Crippen LogP contribution in [-0.2, 0) is 4.79 Å². The first kappa shape index (κ1) is 14.5. The molecule has 0 radical (unpaired) electrons. The summed E-state index contributed by atoms with van der Waals surface area (Å²) in [4.78, 5) is 11.8. The minimum atomic E-state index is -0.524. The minimum Gasteiger partial charge on any atom is -0.481 e. The van der Waals surface area contributed by atoms with Crippen molar-refractivity contribution in [2.75, 3.05) is 6.61 Å². The normalized spacial score (nSPS) is 13.7. The highest BCUT2D eigenvalue weighted by Crippen LogP contribution is 2.10. The summed E-state index contributed by atoms with van der Waals surface area (Å²) in [6.07, 6.45) is 0.930. The molecule has 0 aromatic heterocycles. The topological polar surface area (TPSA) is 58.6 Å². The van der Waals surface area contributed by atoms with Gasteiger partial charge >= 0.3 is 0 Å². The molecular formula is C14H21NO3. The van der Waals surface area contributed by atoms with Gasteiger partial charge in [-0.15, -0.1) is 0 Å². The van der Waals surface area contributed by atoms with Gasteiger partial charge in [0.05, 0.1) is 0 Å². The third kappa shape index (κ3) is 5.19. The quantitative estimate of drug-likeness (QED) is 0.776. The summed E-state index contributed by atoms with van der Waals surface area (Å²) in [7, 11) is 0. The molecule has 0 saturated carbocycles. The van der Waals surface area contributed by atoms with Crippen LogP contribution in [0.4, 0.5) is 0 Å². The first-order chi connectivity index (χ1) is 8.63. The molecule has 0 fully saturated rings. The van der Waals surface area contributed by atoms with Crippen LogP contribution in [0.1, 0.15) is 26.7 Å². The van der Waals surface area contributed by atoms with Crippen LogP contribution >= 0.6 is 0 Å². The number of aliphatic hydroxyl groups excluding tert-OH is 1. The van der Waals surface area contributed by atoms with Crippen molar-refractivity contribution in [3.63, 3.8) is 0 Å². The lowest BCUT2D eigenvalue weighted by Crippen LogP contribution is -2.41. The molecule has 0 heterocycles. The maximum Gasteiger partial charge on any atom is 0.260 e. The maximum absolute atomic E-state index is 11.8. The van der Waals surface area contributed by atoms with Gasteiger partial charge < -0.3 is 15.2 Å². The molecular weight excluding hydrogens is 230 g/mol. The van der Waals surface area contributed by atoms with Gasteiger partial charge in [-0.3, -0.25) is 4.79 Å². The van der Waals surface area contributed by atoms with E-state index in [0.717, 1.165) is 6.42 Å². The van der Waals surface area contributed by atoms with Crippen LogP contribution in [0.3, 0.4) is 0 Å². The summed E-state index contributed by atoms with van der Waals surface area (Å²) in [5.74, 6) is 0.549. The highest BCUT2D eigenvalue weighted by Gasteiger charge is 2.16. The lowest BCUT2D eigenvalue weighted by molar-refractivity contribution is -0.127. The highest BCUT2D eigenvalue weighted by atomic mass is 16.5. The van der Waals surface area contributed by atoms with E-state index in [4.69, 9.17) is 9.84 Å². The summed E-state index contributed by atoms with van der Waals surface area (Å²) < 4.78 is 5.52. The van der Waals surface area contributed by atoms with Crippen molar-refractivity contribution in [2.24, 2.45) is 0 Å². The first-order valence-corrected chi connectivity index (χ1v) is 6.26. The number of hydrogen-bond donors (Lipinski definition) is 2. The maximum atomic E-state index is 11.8. The molecule has 18 heavy (non-hydrogen) atoms. The molecule has 0 aliphatic carbocycles. The van der Waals surface area contributed by atoms with Crippen molar-refractivity contribution < 1.29 is 14.6 Å². The monoisotopic (exact) mass is 251 g/mol. The van der Waals surface area contributed by atoms with Crippen LogP contribution in [0.15, 0.2) is 30.3 Å². The second-order valence-electron chi connectivity index (χ2n) is 4.35. The van der Waals surface area contributed by atoms with E-state index in [0.29, 0.717) is 12.2 Å². The molecule has 0 aliphatic heterocycles. The smallest absolute Gasteiger partial charge is 0.260 e. The zero-order valence-electron chi connectivity index (χ0n) is 10.9. The predicted octanol–water partition coefficient (Wildman–Crippen LogP) is 1.73. The molecule has 1 rings (SSSR count). The fourth-order valence-electron chi connectivity index (χ4n) is 1.59. The number of carbonyl (C=O) groups excluding carboxylic acids is 1. The summed E-state index contributed by atoms with van der Waals surface area (Å²) in [5, 5.41) is 11.6. The molecule has 1 amide bonds. The molecule has 4 heteroatoms. The van der Waals surface area contributed by atoms with Crippen LogP contribution in [-0.4, -0.2) is 29.8 Å². The van der Waals surface area contributed by atoms with Crippen molar-refractivity contribution in [1.29, 1.82) is 0 Å². The summed E-state index contributed by atoms with van der Waals surface area (Å²) in [5.41, 5.74) is 0. The molecule has 1 aromatic carbocycles. The number of rotatable bonds is 7. The van der Waals surface area contributed by atoms with E-state index in [2.05, 4.69) is 5.32 Å². The molecule has 0 bridgehead atoms. The third-order valence-electron chi connectivity index (χ3n) is 2.61. The molecule has 2 N–H and O–H groups in total. The molecule has 0 aliphatic rings. The number of carbonyl (C=O) groups is 1. The van der Waals surface area contributed by atoms with Gasteiger partial charge in [-0.05, 0) is 38.8 Å². The van der Waals surface area contributed by atoms with Crippen LogP contribution in [0.25, 0.3) is 0 Å². The van der Waals surface area contributed by atoms with Gasteiger partial charge in [0.25, 0.3) is 5.91 Å². The SMILES string of the molecule is CC(CCCO)NC(=O)C(C)Oc1ccccc1. The molecule has 1 aromatic rings. The van der Waals surface area contributed by atoms with Crippen molar-refractivity contribution in [3.8, 4) is 5.75 Å². The Bertz CT molecular complexity index is 353. The van der Waals surface area contributed by atoms with Crippen molar-refractivity contribution in [3.05, 3.63) is 30.3 Å². The number of benzene rings is 1. The number of hydrogen-bond acceptors (Lipinski definition) is 3. The Kier molecular flexibility index (Phi) is 6.22. The first-order valence-electron chi connectivity index (χ1n) is 6.26. The minimum absolute atomic E-state index is 0.0477. The fourth-order valence-corrected chi connectivity index (χ4v) is 1.59. The Hall–Kier alpha value is -1.55. The van der Waals surface area contributed by atoms with Gasteiger partial charge in [0.1, 0.15) is 5.75 Å². The zero-order chi connectivity index (χ0) is 13.4. The zero-order valence-corrected chi connectivity index (χ0v) is 10.9. The Morgan fingerprint density at radius 1 is 1.33 bits per heavy atom. The number of nitrogens with one attached hydrogen (secondary N) is 1. The van der Waals surface area contributed by atoms with Crippen molar-refractivity contribution in [1.82, 2.24) is 5.32 Å². The predicted molar refractivity (Wildman–Crippen MR) is 70.5 cm³/mol.